The molecule has 1 aliphatic rings. The van der Waals surface area contributed by atoms with Crippen LogP contribution in [0.15, 0.2) is 0 Å². The first-order valence-corrected chi connectivity index (χ1v) is 3.16. The molecule has 1 aliphatic heterocycles. The minimum atomic E-state index is -1.11. The molecular weight excluding hydrogens is 121 g/mol. The van der Waals surface area contributed by atoms with Crippen LogP contribution in [0.2, 0.25) is 0 Å². The fourth-order valence-electron chi connectivity index (χ4n) is 0.993. The first kappa shape index (κ1) is 6.96. The first-order valence-electron chi connectivity index (χ1n) is 3.16. The zero-order valence-corrected chi connectivity index (χ0v) is 5.80. The molecule has 0 bridgehead atoms. The van der Waals surface area contributed by atoms with Crippen LogP contribution in [0, 0.1) is 0 Å². The molecule has 0 aromatic carbocycles. The molecule has 0 radical (unpaired) electrons. The summed E-state index contributed by atoms with van der Waals surface area (Å²) in [5.41, 5.74) is 0. The Balaban J connectivity index is 2.04. The van der Waals surface area contributed by atoms with Crippen LogP contribution in [0.4, 0.5) is 4.39 Å². The van der Waals surface area contributed by atoms with Crippen LogP contribution in [0.1, 0.15) is 6.92 Å². The molecule has 0 aromatic rings. The van der Waals surface area contributed by atoms with Crippen molar-refractivity contribution < 1.29 is 9.13 Å². The van der Waals surface area contributed by atoms with Gasteiger partial charge in [0.1, 0.15) is 0 Å². The third kappa shape index (κ3) is 1.91. The van der Waals surface area contributed by atoms with Gasteiger partial charge in [-0.25, -0.2) is 4.39 Å². The maximum absolute atomic E-state index is 12.1. The third-order valence-corrected chi connectivity index (χ3v) is 1.41. The highest BCUT2D eigenvalue weighted by Gasteiger charge is 2.25. The summed E-state index contributed by atoms with van der Waals surface area (Å²) in [6.07, 6.45) is -0.973. The number of hydrogen-bond acceptors (Lipinski definition) is 2. The van der Waals surface area contributed by atoms with Crippen molar-refractivity contribution in [3.8, 4) is 0 Å². The van der Waals surface area contributed by atoms with E-state index in [1.54, 1.807) is 0 Å². The topological polar surface area (TPSA) is 12.5 Å². The molecule has 3 heteroatoms. The van der Waals surface area contributed by atoms with Crippen molar-refractivity contribution >= 4 is 0 Å². The van der Waals surface area contributed by atoms with Crippen molar-refractivity contribution in [1.29, 1.82) is 0 Å². The second kappa shape index (κ2) is 2.62. The van der Waals surface area contributed by atoms with Crippen molar-refractivity contribution in [3.05, 3.63) is 0 Å². The molecule has 0 spiro atoms. The van der Waals surface area contributed by atoms with E-state index in [0.29, 0.717) is 0 Å². The lowest BCUT2D eigenvalue weighted by atomic mass is 10.2. The second-order valence-corrected chi connectivity index (χ2v) is 2.52. The minimum absolute atomic E-state index is 0.134. The van der Waals surface area contributed by atoms with Gasteiger partial charge in [0.2, 0.25) is 0 Å². The minimum Gasteiger partial charge on any atom is -0.342 e. The van der Waals surface area contributed by atoms with Gasteiger partial charge in [0, 0.05) is 13.1 Å². The number of hydrogen-bond donors (Lipinski definition) is 0. The van der Waals surface area contributed by atoms with Crippen LogP contribution < -0.4 is 0 Å². The number of ether oxygens (including phenoxy) is 1. The van der Waals surface area contributed by atoms with Gasteiger partial charge in [-0.05, 0) is 14.0 Å². The summed E-state index contributed by atoms with van der Waals surface area (Å²) in [4.78, 5) is 2.09. The van der Waals surface area contributed by atoms with Crippen LogP contribution in [-0.4, -0.2) is 37.5 Å². The molecule has 0 amide bonds. The number of nitrogens with zero attached hydrogens (tertiary/aromatic N) is 1. The van der Waals surface area contributed by atoms with E-state index in [4.69, 9.17) is 4.74 Å². The van der Waals surface area contributed by atoms with Gasteiger partial charge in [-0.15, -0.1) is 0 Å². The summed E-state index contributed by atoms with van der Waals surface area (Å²) in [5.74, 6) is 0. The van der Waals surface area contributed by atoms with E-state index in [1.165, 1.54) is 6.92 Å². The molecule has 0 N–H and O–H groups in total. The van der Waals surface area contributed by atoms with E-state index in [2.05, 4.69) is 4.90 Å². The molecule has 1 unspecified atom stereocenters. The van der Waals surface area contributed by atoms with Gasteiger partial charge < -0.3 is 9.64 Å². The quantitative estimate of drug-likeness (QED) is 0.548. The Morgan fingerprint density at radius 3 is 2.56 bits per heavy atom. The van der Waals surface area contributed by atoms with Crippen LogP contribution in [0.3, 0.4) is 0 Å². The van der Waals surface area contributed by atoms with Gasteiger partial charge in [-0.1, -0.05) is 0 Å². The highest BCUT2D eigenvalue weighted by molar-refractivity contribution is 4.77. The number of likely N-dealkylation sites (tertiary alicyclic amines) is 1. The number of likely N-dealkylation sites (N-methyl/N-ethyl adjacent to an activating group) is 1. The fourth-order valence-corrected chi connectivity index (χ4v) is 0.993. The fraction of sp³-hybridized carbons (Fsp3) is 1.00. The van der Waals surface area contributed by atoms with Crippen LogP contribution in [0.5, 0.6) is 0 Å². The second-order valence-electron chi connectivity index (χ2n) is 2.52. The normalized spacial score (nSPS) is 25.7. The molecule has 1 saturated heterocycles. The molecule has 0 aliphatic carbocycles. The lowest BCUT2D eigenvalue weighted by Gasteiger charge is -2.35. The molecule has 1 heterocycles. The summed E-state index contributed by atoms with van der Waals surface area (Å²) in [6.45, 7) is 3.15. The van der Waals surface area contributed by atoms with Gasteiger partial charge >= 0.3 is 0 Å². The predicted molar refractivity (Wildman–Crippen MR) is 32.9 cm³/mol. The molecule has 0 aromatic heterocycles. The van der Waals surface area contributed by atoms with Crippen molar-refractivity contribution in [1.82, 2.24) is 4.90 Å². The number of halogens is 1. The van der Waals surface area contributed by atoms with E-state index < -0.39 is 6.36 Å². The Morgan fingerprint density at radius 1 is 1.67 bits per heavy atom. The maximum atomic E-state index is 12.1. The molecule has 1 atom stereocenters. The number of alkyl halides is 1. The largest absolute Gasteiger partial charge is 0.342 e. The Morgan fingerprint density at radius 2 is 2.22 bits per heavy atom. The van der Waals surface area contributed by atoms with Crippen LogP contribution >= 0.6 is 0 Å². The zero-order valence-electron chi connectivity index (χ0n) is 5.80. The zero-order chi connectivity index (χ0) is 6.85. The van der Waals surface area contributed by atoms with Crippen molar-refractivity contribution in [2.45, 2.75) is 19.4 Å². The lowest BCUT2D eigenvalue weighted by Crippen LogP contribution is -2.50. The lowest BCUT2D eigenvalue weighted by molar-refractivity contribution is -0.124. The summed E-state index contributed by atoms with van der Waals surface area (Å²) < 4.78 is 16.9. The van der Waals surface area contributed by atoms with Crippen molar-refractivity contribution in [2.24, 2.45) is 0 Å². The van der Waals surface area contributed by atoms with Gasteiger partial charge in [0.25, 0.3) is 0 Å². The Kier molecular flexibility index (Phi) is 2.03. The van der Waals surface area contributed by atoms with Crippen molar-refractivity contribution in [3.63, 3.8) is 0 Å². The SMILES string of the molecule is CC(F)OC1CN(C)C1. The van der Waals surface area contributed by atoms with Gasteiger partial charge in [0.05, 0.1) is 6.10 Å². The molecular formula is C6H12FNO. The van der Waals surface area contributed by atoms with E-state index in [9.17, 15) is 4.39 Å². The van der Waals surface area contributed by atoms with E-state index in [-0.39, 0.29) is 6.10 Å². The van der Waals surface area contributed by atoms with Crippen LogP contribution in [-0.2, 0) is 4.74 Å². The maximum Gasteiger partial charge on any atom is 0.196 e. The summed E-state index contributed by atoms with van der Waals surface area (Å²) in [7, 11) is 1.99. The highest BCUT2D eigenvalue weighted by Crippen LogP contribution is 2.10. The smallest absolute Gasteiger partial charge is 0.196 e. The Bertz CT molecular complexity index is 91.1. The van der Waals surface area contributed by atoms with E-state index in [0.717, 1.165) is 13.1 Å². The van der Waals surface area contributed by atoms with E-state index in [1.807, 2.05) is 7.05 Å². The highest BCUT2D eigenvalue weighted by atomic mass is 19.1. The van der Waals surface area contributed by atoms with Gasteiger partial charge in [0.15, 0.2) is 6.36 Å². The van der Waals surface area contributed by atoms with E-state index >= 15 is 0 Å². The molecule has 2 nitrogen and oxygen atoms in total. The summed E-state index contributed by atoms with van der Waals surface area (Å²) >= 11 is 0. The molecule has 0 saturated carbocycles. The predicted octanol–water partition coefficient (Wildman–Crippen LogP) is 0.632. The molecule has 54 valence electrons. The average molecular weight is 133 g/mol. The molecule has 1 fully saturated rings. The Hall–Kier alpha value is -0.150. The Labute approximate surface area is 54.6 Å². The molecule has 1 rings (SSSR count). The number of rotatable bonds is 2. The molecule has 9 heavy (non-hydrogen) atoms. The monoisotopic (exact) mass is 133 g/mol. The summed E-state index contributed by atoms with van der Waals surface area (Å²) in [6, 6.07) is 0. The van der Waals surface area contributed by atoms with Gasteiger partial charge in [-0.2, -0.15) is 0 Å². The standard InChI is InChI=1S/C6H12FNO/c1-5(7)9-6-3-8(2)4-6/h5-6H,3-4H2,1-2H3. The van der Waals surface area contributed by atoms with Crippen molar-refractivity contribution in [2.75, 3.05) is 20.1 Å². The summed E-state index contributed by atoms with van der Waals surface area (Å²) in [5, 5.41) is 0. The first-order chi connectivity index (χ1) is 4.18. The van der Waals surface area contributed by atoms with Crippen LogP contribution in [0.25, 0.3) is 0 Å². The van der Waals surface area contributed by atoms with Gasteiger partial charge in [-0.3, -0.25) is 0 Å². The average Bonchev–Trinajstić information content (AvgIpc) is 1.60. The third-order valence-electron chi connectivity index (χ3n) is 1.41.